The van der Waals surface area contributed by atoms with E-state index in [4.69, 9.17) is 16.3 Å². The molecule has 1 heterocycles. The van der Waals surface area contributed by atoms with Crippen molar-refractivity contribution in [1.29, 1.82) is 0 Å². The van der Waals surface area contributed by atoms with E-state index in [1.165, 1.54) is 6.20 Å². The number of H-pyrrole nitrogens is 1. The molecule has 29 heavy (non-hydrogen) atoms. The lowest BCUT2D eigenvalue weighted by atomic mass is 10.1. The Labute approximate surface area is 174 Å². The van der Waals surface area contributed by atoms with Gasteiger partial charge in [0.15, 0.2) is 0 Å². The van der Waals surface area contributed by atoms with Gasteiger partial charge >= 0.3 is 0 Å². The Kier molecular flexibility index (Phi) is 7.11. The Morgan fingerprint density at radius 2 is 2.14 bits per heavy atom. The first-order valence-corrected chi connectivity index (χ1v) is 10.1. The zero-order chi connectivity index (χ0) is 20.8. The number of carbonyl (C=O) groups is 2. The summed E-state index contributed by atoms with van der Waals surface area (Å²) in [5.41, 5.74) is 1.78. The van der Waals surface area contributed by atoms with Crippen LogP contribution in [-0.4, -0.2) is 55.4 Å². The molecule has 1 aromatic heterocycles. The Hall–Kier alpha value is -2.58. The van der Waals surface area contributed by atoms with E-state index in [1.54, 1.807) is 19.2 Å². The average Bonchev–Trinajstić information content (AvgIpc) is 3.43. The number of anilines is 2. The van der Waals surface area contributed by atoms with Crippen LogP contribution < -0.4 is 15.5 Å². The first-order valence-electron chi connectivity index (χ1n) is 9.69. The number of aromatic nitrogens is 2. The number of aromatic amines is 1. The monoisotopic (exact) mass is 419 g/mol. The molecular formula is C20H26ClN5O3. The molecule has 0 bridgehead atoms. The molecule has 3 N–H and O–H groups in total. The molecule has 0 spiro atoms. The number of methoxy groups -OCH3 is 1. The van der Waals surface area contributed by atoms with Gasteiger partial charge in [0.1, 0.15) is 5.69 Å². The second-order valence-electron chi connectivity index (χ2n) is 7.00. The van der Waals surface area contributed by atoms with Gasteiger partial charge in [0, 0.05) is 32.4 Å². The minimum absolute atomic E-state index is 0.225. The average molecular weight is 420 g/mol. The summed E-state index contributed by atoms with van der Waals surface area (Å²) in [5.74, 6) is -0.134. The number of ether oxygens (including phenoxy) is 1. The number of nitrogens with zero attached hydrogens (tertiary/aromatic N) is 2. The van der Waals surface area contributed by atoms with Crippen LogP contribution in [0.5, 0.6) is 0 Å². The van der Waals surface area contributed by atoms with E-state index in [1.807, 2.05) is 13.0 Å². The van der Waals surface area contributed by atoms with Crippen LogP contribution in [0.3, 0.4) is 0 Å². The highest BCUT2D eigenvalue weighted by Crippen LogP contribution is 2.28. The lowest BCUT2D eigenvalue weighted by Crippen LogP contribution is -2.27. The molecule has 2 amide bonds. The highest BCUT2D eigenvalue weighted by molar-refractivity contribution is 6.34. The molecule has 0 aliphatic heterocycles. The fourth-order valence-corrected chi connectivity index (χ4v) is 3.21. The first kappa shape index (κ1) is 21.1. The van der Waals surface area contributed by atoms with Gasteiger partial charge < -0.3 is 20.3 Å². The number of halogens is 1. The molecule has 2 aromatic rings. The smallest absolute Gasteiger partial charge is 0.271 e. The van der Waals surface area contributed by atoms with Crippen molar-refractivity contribution in [2.75, 3.05) is 43.6 Å². The van der Waals surface area contributed by atoms with Crippen molar-refractivity contribution in [1.82, 2.24) is 15.5 Å². The number of benzene rings is 1. The van der Waals surface area contributed by atoms with Crippen LogP contribution in [0.25, 0.3) is 0 Å². The summed E-state index contributed by atoms with van der Waals surface area (Å²) in [6, 6.07) is 5.28. The van der Waals surface area contributed by atoms with Crippen molar-refractivity contribution in [3.63, 3.8) is 0 Å². The molecule has 1 fully saturated rings. The van der Waals surface area contributed by atoms with Crippen LogP contribution in [0.4, 0.5) is 11.4 Å². The van der Waals surface area contributed by atoms with E-state index < -0.39 is 5.91 Å². The summed E-state index contributed by atoms with van der Waals surface area (Å²) >= 11 is 6.37. The van der Waals surface area contributed by atoms with Gasteiger partial charge in [-0.05, 0) is 43.9 Å². The van der Waals surface area contributed by atoms with Gasteiger partial charge in [-0.15, -0.1) is 0 Å². The third-order valence-corrected chi connectivity index (χ3v) is 5.19. The van der Waals surface area contributed by atoms with E-state index >= 15 is 0 Å². The Bertz CT molecular complexity index is 866. The Morgan fingerprint density at radius 1 is 1.34 bits per heavy atom. The van der Waals surface area contributed by atoms with Crippen LogP contribution in [0.15, 0.2) is 24.4 Å². The van der Waals surface area contributed by atoms with Crippen LogP contribution >= 0.6 is 11.6 Å². The number of rotatable bonds is 10. The molecule has 9 heteroatoms. The minimum atomic E-state index is -0.404. The normalized spacial score (nSPS) is 13.2. The molecule has 0 saturated heterocycles. The summed E-state index contributed by atoms with van der Waals surface area (Å²) in [5, 5.41) is 12.4. The Morgan fingerprint density at radius 3 is 2.79 bits per heavy atom. The standard InChI is InChI=1S/C20H26ClN5O3/c1-3-26(8-9-29-2)14-6-7-15(16(21)10-14)19(27)24-17-12-23-25-18(17)20(28)22-11-13-4-5-13/h6-7,10,12-13H,3-5,8-9,11H2,1-2H3,(H,22,28)(H,23,25)(H,24,27). The summed E-state index contributed by atoms with van der Waals surface area (Å²) < 4.78 is 5.13. The maximum absolute atomic E-state index is 12.7. The van der Waals surface area contributed by atoms with E-state index in [0.29, 0.717) is 35.3 Å². The molecule has 1 aliphatic carbocycles. The number of hydrogen-bond acceptors (Lipinski definition) is 5. The number of amides is 2. The maximum Gasteiger partial charge on any atom is 0.271 e. The van der Waals surface area contributed by atoms with Crippen LogP contribution in [0.2, 0.25) is 5.02 Å². The highest BCUT2D eigenvalue weighted by atomic mass is 35.5. The number of nitrogens with one attached hydrogen (secondary N) is 3. The highest BCUT2D eigenvalue weighted by Gasteiger charge is 2.24. The zero-order valence-electron chi connectivity index (χ0n) is 16.6. The van der Waals surface area contributed by atoms with Gasteiger partial charge in [-0.25, -0.2) is 0 Å². The maximum atomic E-state index is 12.7. The SMILES string of the molecule is CCN(CCOC)c1ccc(C(=O)Nc2cn[nH]c2C(=O)NCC2CC2)c(Cl)c1. The molecule has 156 valence electrons. The fraction of sp³-hybridized carbons (Fsp3) is 0.450. The summed E-state index contributed by atoms with van der Waals surface area (Å²) in [6.45, 7) is 4.79. The number of likely N-dealkylation sites (N-methyl/N-ethyl adjacent to an activating group) is 1. The molecule has 0 radical (unpaired) electrons. The van der Waals surface area contributed by atoms with Crippen LogP contribution in [-0.2, 0) is 4.74 Å². The fourth-order valence-electron chi connectivity index (χ4n) is 2.95. The molecule has 0 unspecified atom stereocenters. The third kappa shape index (κ3) is 5.48. The van der Waals surface area contributed by atoms with Crippen molar-refractivity contribution >= 4 is 34.8 Å². The third-order valence-electron chi connectivity index (χ3n) is 4.87. The number of carbonyl (C=O) groups excluding carboxylic acids is 2. The molecule has 1 saturated carbocycles. The van der Waals surface area contributed by atoms with Gasteiger partial charge in [-0.1, -0.05) is 11.6 Å². The molecule has 1 aromatic carbocycles. The van der Waals surface area contributed by atoms with Crippen molar-refractivity contribution in [3.8, 4) is 0 Å². The zero-order valence-corrected chi connectivity index (χ0v) is 17.4. The largest absolute Gasteiger partial charge is 0.383 e. The van der Waals surface area contributed by atoms with Gasteiger partial charge in [0.05, 0.1) is 29.1 Å². The second kappa shape index (κ2) is 9.76. The van der Waals surface area contributed by atoms with E-state index in [9.17, 15) is 9.59 Å². The molecule has 1 aliphatic rings. The quantitative estimate of drug-likeness (QED) is 0.549. The van der Waals surface area contributed by atoms with Crippen LogP contribution in [0, 0.1) is 5.92 Å². The van der Waals surface area contributed by atoms with Gasteiger partial charge in [0.25, 0.3) is 11.8 Å². The van der Waals surface area contributed by atoms with E-state index in [-0.39, 0.29) is 11.6 Å². The van der Waals surface area contributed by atoms with Gasteiger partial charge in [-0.2, -0.15) is 5.10 Å². The molecule has 0 atom stereocenters. The molecule has 8 nitrogen and oxygen atoms in total. The minimum Gasteiger partial charge on any atom is -0.383 e. The van der Waals surface area contributed by atoms with Crippen LogP contribution in [0.1, 0.15) is 40.6 Å². The summed E-state index contributed by atoms with van der Waals surface area (Å²) in [7, 11) is 1.66. The lowest BCUT2D eigenvalue weighted by molar-refractivity contribution is 0.0947. The number of hydrogen-bond donors (Lipinski definition) is 3. The Balaban J connectivity index is 1.68. The lowest BCUT2D eigenvalue weighted by Gasteiger charge is -2.23. The predicted molar refractivity (Wildman–Crippen MR) is 113 cm³/mol. The second-order valence-corrected chi connectivity index (χ2v) is 7.41. The topological polar surface area (TPSA) is 99.3 Å². The summed E-state index contributed by atoms with van der Waals surface area (Å²) in [6.07, 6.45) is 3.69. The predicted octanol–water partition coefficient (Wildman–Crippen LogP) is 2.93. The van der Waals surface area contributed by atoms with Crippen molar-refractivity contribution < 1.29 is 14.3 Å². The molecular weight excluding hydrogens is 394 g/mol. The first-order chi connectivity index (χ1) is 14.0. The van der Waals surface area contributed by atoms with E-state index in [0.717, 1.165) is 31.6 Å². The summed E-state index contributed by atoms with van der Waals surface area (Å²) in [4.78, 5) is 27.1. The molecule has 3 rings (SSSR count). The van der Waals surface area contributed by atoms with E-state index in [2.05, 4.69) is 25.7 Å². The van der Waals surface area contributed by atoms with Crippen molar-refractivity contribution in [2.24, 2.45) is 5.92 Å². The van der Waals surface area contributed by atoms with Gasteiger partial charge in [0.2, 0.25) is 0 Å². The van der Waals surface area contributed by atoms with Crippen molar-refractivity contribution in [3.05, 3.63) is 40.7 Å². The van der Waals surface area contributed by atoms with Crippen molar-refractivity contribution in [2.45, 2.75) is 19.8 Å². The van der Waals surface area contributed by atoms with Gasteiger partial charge in [-0.3, -0.25) is 14.7 Å².